The van der Waals surface area contributed by atoms with E-state index in [2.05, 4.69) is 52.3 Å². The Labute approximate surface area is 174 Å². The zero-order valence-electron chi connectivity index (χ0n) is 15.9. The highest BCUT2D eigenvalue weighted by molar-refractivity contribution is 14.1. The fourth-order valence-electron chi connectivity index (χ4n) is 3.82. The first-order valence-corrected chi connectivity index (χ1v) is 11.1. The number of nitro groups is 1. The van der Waals surface area contributed by atoms with Crippen LogP contribution in [0.25, 0.3) is 21.8 Å². The van der Waals surface area contributed by atoms with Crippen LogP contribution in [0.3, 0.4) is 0 Å². The molecule has 1 aromatic heterocycles. The van der Waals surface area contributed by atoms with Gasteiger partial charge in [-0.1, -0.05) is 51.9 Å². The average molecular weight is 478 g/mol. The Hall–Kier alpha value is -1.63. The average Bonchev–Trinajstić information content (AvgIpc) is 2.96. The maximum atomic E-state index is 11.2. The molecule has 0 radical (unpaired) electrons. The lowest BCUT2D eigenvalue weighted by molar-refractivity contribution is -0.384. The summed E-state index contributed by atoms with van der Waals surface area (Å²) in [5.74, 6) is 0. The molecule has 0 bridgehead atoms. The summed E-state index contributed by atoms with van der Waals surface area (Å²) in [6.07, 6.45) is 10.4. The number of fused-ring (bicyclic) bond motifs is 3. The number of hydrogen-bond donors (Lipinski definition) is 0. The molecule has 1 heterocycles. The highest BCUT2D eigenvalue weighted by Crippen LogP contribution is 2.33. The third-order valence-electron chi connectivity index (χ3n) is 5.26. The van der Waals surface area contributed by atoms with Gasteiger partial charge in [-0.3, -0.25) is 10.1 Å². The molecule has 144 valence electrons. The summed E-state index contributed by atoms with van der Waals surface area (Å²) in [5.41, 5.74) is 2.43. The predicted molar refractivity (Wildman–Crippen MR) is 121 cm³/mol. The van der Waals surface area contributed by atoms with Crippen LogP contribution in [0.4, 0.5) is 5.69 Å². The number of unbranched alkanes of at least 4 members (excludes halogenated alkanes) is 7. The molecule has 0 spiro atoms. The zero-order valence-corrected chi connectivity index (χ0v) is 18.1. The molecule has 0 N–H and O–H groups in total. The molecule has 0 saturated heterocycles. The Morgan fingerprint density at radius 3 is 2.15 bits per heavy atom. The van der Waals surface area contributed by atoms with Crippen molar-refractivity contribution in [3.63, 3.8) is 0 Å². The third kappa shape index (κ3) is 4.81. The second-order valence-corrected chi connectivity index (χ2v) is 8.49. The molecule has 2 aromatic carbocycles. The quantitative estimate of drug-likeness (QED) is 0.132. The number of hydrogen-bond acceptors (Lipinski definition) is 2. The van der Waals surface area contributed by atoms with E-state index < -0.39 is 0 Å². The molecular weight excluding hydrogens is 451 g/mol. The maximum Gasteiger partial charge on any atom is 0.270 e. The summed E-state index contributed by atoms with van der Waals surface area (Å²) in [4.78, 5) is 10.9. The van der Waals surface area contributed by atoms with Crippen molar-refractivity contribution >= 4 is 50.1 Å². The van der Waals surface area contributed by atoms with Crippen molar-refractivity contribution in [2.24, 2.45) is 0 Å². The van der Waals surface area contributed by atoms with E-state index in [0.717, 1.165) is 32.8 Å². The first-order valence-electron chi connectivity index (χ1n) is 9.97. The van der Waals surface area contributed by atoms with Crippen LogP contribution >= 0.6 is 22.6 Å². The van der Waals surface area contributed by atoms with E-state index in [-0.39, 0.29) is 10.6 Å². The first-order chi connectivity index (χ1) is 13.1. The van der Waals surface area contributed by atoms with E-state index in [4.69, 9.17) is 0 Å². The SMILES string of the molecule is CCCCCCCCCCn1c2ccc(I)cc2c2cc([N+](=O)[O-])ccc21. The van der Waals surface area contributed by atoms with Gasteiger partial charge in [0, 0.05) is 44.1 Å². The molecule has 0 aliphatic heterocycles. The Balaban J connectivity index is 1.76. The summed E-state index contributed by atoms with van der Waals surface area (Å²) in [6, 6.07) is 11.6. The van der Waals surface area contributed by atoms with E-state index in [1.165, 1.54) is 50.5 Å². The topological polar surface area (TPSA) is 48.1 Å². The largest absolute Gasteiger partial charge is 0.340 e. The van der Waals surface area contributed by atoms with Gasteiger partial charge in [-0.2, -0.15) is 0 Å². The lowest BCUT2D eigenvalue weighted by Gasteiger charge is -2.08. The van der Waals surface area contributed by atoms with Crippen LogP contribution in [0.5, 0.6) is 0 Å². The van der Waals surface area contributed by atoms with Crippen LogP contribution in [0.2, 0.25) is 0 Å². The molecule has 3 aromatic rings. The highest BCUT2D eigenvalue weighted by atomic mass is 127. The molecule has 0 unspecified atom stereocenters. The van der Waals surface area contributed by atoms with Crippen molar-refractivity contribution in [3.8, 4) is 0 Å². The highest BCUT2D eigenvalue weighted by Gasteiger charge is 2.14. The van der Waals surface area contributed by atoms with Gasteiger partial charge in [-0.05, 0) is 53.3 Å². The molecule has 5 heteroatoms. The van der Waals surface area contributed by atoms with Gasteiger partial charge in [-0.15, -0.1) is 0 Å². The van der Waals surface area contributed by atoms with Gasteiger partial charge in [0.1, 0.15) is 0 Å². The Bertz CT molecular complexity index is 933. The minimum atomic E-state index is -0.310. The number of nitrogens with zero attached hydrogens (tertiary/aromatic N) is 2. The Kier molecular flexibility index (Phi) is 7.10. The number of rotatable bonds is 10. The van der Waals surface area contributed by atoms with Gasteiger partial charge in [0.2, 0.25) is 0 Å². The summed E-state index contributed by atoms with van der Waals surface area (Å²) >= 11 is 2.30. The summed E-state index contributed by atoms with van der Waals surface area (Å²) in [5, 5.41) is 13.3. The van der Waals surface area contributed by atoms with Crippen molar-refractivity contribution in [3.05, 3.63) is 50.1 Å². The second-order valence-electron chi connectivity index (χ2n) is 7.25. The number of halogens is 1. The Morgan fingerprint density at radius 1 is 0.889 bits per heavy atom. The van der Waals surface area contributed by atoms with Gasteiger partial charge in [0.25, 0.3) is 5.69 Å². The molecule has 0 saturated carbocycles. The molecule has 27 heavy (non-hydrogen) atoms. The molecule has 0 aliphatic carbocycles. The summed E-state index contributed by atoms with van der Waals surface area (Å²) in [7, 11) is 0. The van der Waals surface area contributed by atoms with Crippen molar-refractivity contribution in [2.45, 2.75) is 64.8 Å². The number of nitro benzene ring substituents is 1. The number of benzene rings is 2. The smallest absolute Gasteiger partial charge is 0.270 e. The van der Waals surface area contributed by atoms with E-state index in [1.54, 1.807) is 12.1 Å². The minimum Gasteiger partial charge on any atom is -0.340 e. The van der Waals surface area contributed by atoms with Gasteiger partial charge in [0.15, 0.2) is 0 Å². The number of non-ortho nitro benzene ring substituents is 1. The van der Waals surface area contributed by atoms with Gasteiger partial charge >= 0.3 is 0 Å². The molecule has 4 nitrogen and oxygen atoms in total. The van der Waals surface area contributed by atoms with Crippen molar-refractivity contribution in [1.29, 1.82) is 0 Å². The van der Waals surface area contributed by atoms with E-state index in [0.29, 0.717) is 0 Å². The first kappa shape index (κ1) is 20.1. The monoisotopic (exact) mass is 478 g/mol. The van der Waals surface area contributed by atoms with Gasteiger partial charge < -0.3 is 4.57 Å². The van der Waals surface area contributed by atoms with Crippen molar-refractivity contribution < 1.29 is 4.92 Å². The van der Waals surface area contributed by atoms with Crippen molar-refractivity contribution in [1.82, 2.24) is 4.57 Å². The fraction of sp³-hybridized carbons (Fsp3) is 0.455. The summed E-state index contributed by atoms with van der Waals surface area (Å²) in [6.45, 7) is 3.22. The van der Waals surface area contributed by atoms with Crippen LogP contribution in [0.1, 0.15) is 58.3 Å². The van der Waals surface area contributed by atoms with Crippen LogP contribution in [-0.2, 0) is 6.54 Å². The minimum absolute atomic E-state index is 0.160. The second kappa shape index (κ2) is 9.53. The zero-order chi connectivity index (χ0) is 19.2. The standard InChI is InChI=1S/C22H27IN2O2/c1-2-3-4-5-6-7-8-9-14-24-21-12-10-17(23)15-19(21)20-16-18(25(26)27)11-13-22(20)24/h10-13,15-16H,2-9,14H2,1H3. The van der Waals surface area contributed by atoms with Crippen LogP contribution in [0.15, 0.2) is 36.4 Å². The normalized spacial score (nSPS) is 11.5. The van der Waals surface area contributed by atoms with E-state index >= 15 is 0 Å². The van der Waals surface area contributed by atoms with E-state index in [1.807, 2.05) is 6.07 Å². The van der Waals surface area contributed by atoms with Gasteiger partial charge in [-0.25, -0.2) is 0 Å². The van der Waals surface area contributed by atoms with Crippen LogP contribution < -0.4 is 0 Å². The molecular formula is C22H27IN2O2. The third-order valence-corrected chi connectivity index (χ3v) is 5.93. The Morgan fingerprint density at radius 2 is 1.48 bits per heavy atom. The molecule has 0 aliphatic rings. The lowest BCUT2D eigenvalue weighted by Crippen LogP contribution is -1.98. The molecule has 3 rings (SSSR count). The summed E-state index contributed by atoms with van der Waals surface area (Å²) < 4.78 is 3.49. The predicted octanol–water partition coefficient (Wildman–Crippen LogP) is 7.45. The van der Waals surface area contributed by atoms with Gasteiger partial charge in [0.05, 0.1) is 4.92 Å². The number of aromatic nitrogens is 1. The maximum absolute atomic E-state index is 11.2. The molecule has 0 fully saturated rings. The van der Waals surface area contributed by atoms with Crippen LogP contribution in [0, 0.1) is 13.7 Å². The van der Waals surface area contributed by atoms with Crippen LogP contribution in [-0.4, -0.2) is 9.49 Å². The number of aryl methyl sites for hydroxylation is 1. The van der Waals surface area contributed by atoms with Crippen molar-refractivity contribution in [2.75, 3.05) is 0 Å². The van der Waals surface area contributed by atoms with E-state index in [9.17, 15) is 10.1 Å². The molecule has 0 atom stereocenters. The lowest BCUT2D eigenvalue weighted by atomic mass is 10.1. The fourth-order valence-corrected chi connectivity index (χ4v) is 4.31. The molecule has 0 amide bonds.